The zero-order valence-electron chi connectivity index (χ0n) is 13.2. The fourth-order valence-electron chi connectivity index (χ4n) is 2.26. The monoisotopic (exact) mass is 301 g/mol. The van der Waals surface area contributed by atoms with Gasteiger partial charge in [-0.1, -0.05) is 37.3 Å². The number of nitrogen functional groups attached to an aromatic ring is 1. The van der Waals surface area contributed by atoms with E-state index in [2.05, 4.69) is 10.3 Å². The van der Waals surface area contributed by atoms with Crippen molar-refractivity contribution in [2.24, 2.45) is 5.73 Å². The number of imidazole rings is 1. The second-order valence-electron chi connectivity index (χ2n) is 5.49. The van der Waals surface area contributed by atoms with Crippen LogP contribution in [-0.4, -0.2) is 21.6 Å². The Morgan fingerprint density at radius 2 is 1.95 bits per heavy atom. The van der Waals surface area contributed by atoms with Crippen molar-refractivity contribution < 1.29 is 4.79 Å². The number of hydrogen-bond donors (Lipinski definition) is 3. The molecule has 2 rings (SSSR count). The molecular formula is C16H23N5O. The minimum absolute atomic E-state index is 0.0871. The Hall–Kier alpha value is -2.34. The Balaban J connectivity index is 2.48. The minimum atomic E-state index is -0.406. The van der Waals surface area contributed by atoms with Gasteiger partial charge in [-0.25, -0.2) is 4.98 Å². The number of amides is 1. The molecule has 118 valence electrons. The molecule has 0 saturated heterocycles. The van der Waals surface area contributed by atoms with Crippen LogP contribution in [0.5, 0.6) is 0 Å². The van der Waals surface area contributed by atoms with Crippen LogP contribution >= 0.6 is 0 Å². The van der Waals surface area contributed by atoms with Crippen LogP contribution in [0.15, 0.2) is 30.3 Å². The fraction of sp³-hybridized carbons (Fsp3) is 0.375. The average molecular weight is 301 g/mol. The summed E-state index contributed by atoms with van der Waals surface area (Å²) in [5.74, 6) is 0.696. The van der Waals surface area contributed by atoms with E-state index in [1.165, 1.54) is 0 Å². The minimum Gasteiger partial charge on any atom is -0.383 e. The van der Waals surface area contributed by atoms with Crippen molar-refractivity contribution in [3.63, 3.8) is 0 Å². The molecule has 5 N–H and O–H groups in total. The quantitative estimate of drug-likeness (QED) is 0.737. The van der Waals surface area contributed by atoms with Gasteiger partial charge in [0.15, 0.2) is 5.69 Å². The molecule has 1 unspecified atom stereocenters. The van der Waals surface area contributed by atoms with Gasteiger partial charge in [0.25, 0.3) is 5.91 Å². The molecule has 6 nitrogen and oxygen atoms in total. The molecule has 0 aliphatic carbocycles. The normalized spacial score (nSPS) is 12.4. The molecular weight excluding hydrogens is 278 g/mol. The van der Waals surface area contributed by atoms with Crippen molar-refractivity contribution in [3.8, 4) is 11.4 Å². The van der Waals surface area contributed by atoms with Gasteiger partial charge < -0.3 is 21.4 Å². The molecule has 0 aliphatic heterocycles. The molecule has 0 spiro atoms. The molecule has 2 aromatic rings. The van der Waals surface area contributed by atoms with E-state index in [1.54, 1.807) is 0 Å². The summed E-state index contributed by atoms with van der Waals surface area (Å²) in [7, 11) is 0. The van der Waals surface area contributed by atoms with Gasteiger partial charge in [-0.05, 0) is 20.3 Å². The topological polar surface area (TPSA) is 99.0 Å². The van der Waals surface area contributed by atoms with Gasteiger partial charge in [-0.2, -0.15) is 0 Å². The second kappa shape index (κ2) is 6.62. The number of hydrogen-bond acceptors (Lipinski definition) is 4. The van der Waals surface area contributed by atoms with Gasteiger partial charge in [-0.15, -0.1) is 0 Å². The maximum Gasteiger partial charge on any atom is 0.274 e. The van der Waals surface area contributed by atoms with E-state index in [0.717, 1.165) is 5.56 Å². The number of aromatic nitrogens is 2. The summed E-state index contributed by atoms with van der Waals surface area (Å²) in [6, 6.07) is 9.77. The first-order valence-electron chi connectivity index (χ1n) is 7.45. The first-order valence-corrected chi connectivity index (χ1v) is 7.45. The van der Waals surface area contributed by atoms with Crippen molar-refractivity contribution >= 4 is 11.7 Å². The number of nitrogens with one attached hydrogen (secondary N) is 1. The van der Waals surface area contributed by atoms with Crippen molar-refractivity contribution in [2.75, 3.05) is 5.73 Å². The summed E-state index contributed by atoms with van der Waals surface area (Å²) in [6.07, 6.45) is 0.235. The molecule has 6 heteroatoms. The third-order valence-corrected chi connectivity index (χ3v) is 3.47. The maximum absolute atomic E-state index is 12.3. The van der Waals surface area contributed by atoms with Crippen LogP contribution in [0, 0.1) is 0 Å². The highest BCUT2D eigenvalue weighted by molar-refractivity contribution is 5.97. The Morgan fingerprint density at radius 1 is 1.32 bits per heavy atom. The van der Waals surface area contributed by atoms with Crippen molar-refractivity contribution in [3.05, 3.63) is 36.0 Å². The van der Waals surface area contributed by atoms with Gasteiger partial charge in [-0.3, -0.25) is 4.79 Å². The summed E-state index contributed by atoms with van der Waals surface area (Å²) >= 11 is 0. The molecule has 1 heterocycles. The molecule has 0 radical (unpaired) electrons. The average Bonchev–Trinajstić information content (AvgIpc) is 2.85. The highest BCUT2D eigenvalue weighted by Crippen LogP contribution is 2.28. The smallest absolute Gasteiger partial charge is 0.274 e. The van der Waals surface area contributed by atoms with Crippen LogP contribution in [0.1, 0.15) is 43.7 Å². The largest absolute Gasteiger partial charge is 0.383 e. The van der Waals surface area contributed by atoms with E-state index in [-0.39, 0.29) is 17.6 Å². The standard InChI is InChI=1S/C16H23N5O/c1-4-12(17)19-16(22)13-14(18)21(10(2)3)15(20-13)11-8-6-5-7-9-11/h5-10,12H,4,17-18H2,1-3H3,(H,19,22). The predicted octanol–water partition coefficient (Wildman–Crippen LogP) is 2.14. The molecule has 1 aromatic carbocycles. The number of rotatable bonds is 5. The summed E-state index contributed by atoms with van der Waals surface area (Å²) < 4.78 is 1.86. The van der Waals surface area contributed by atoms with Crippen LogP contribution in [0.25, 0.3) is 11.4 Å². The van der Waals surface area contributed by atoms with Crippen LogP contribution < -0.4 is 16.8 Å². The lowest BCUT2D eigenvalue weighted by Gasteiger charge is -2.14. The van der Waals surface area contributed by atoms with E-state index in [9.17, 15) is 4.79 Å². The Labute approximate surface area is 130 Å². The van der Waals surface area contributed by atoms with E-state index >= 15 is 0 Å². The summed E-state index contributed by atoms with van der Waals surface area (Å²) in [4.78, 5) is 16.8. The highest BCUT2D eigenvalue weighted by Gasteiger charge is 2.23. The number of carbonyl (C=O) groups excluding carboxylic acids is 1. The molecule has 0 fully saturated rings. The van der Waals surface area contributed by atoms with Crippen LogP contribution in [0.2, 0.25) is 0 Å². The molecule has 1 atom stereocenters. The van der Waals surface area contributed by atoms with Gasteiger partial charge in [0, 0.05) is 11.6 Å². The third kappa shape index (κ3) is 3.12. The van der Waals surface area contributed by atoms with Crippen molar-refractivity contribution in [1.29, 1.82) is 0 Å². The highest BCUT2D eigenvalue weighted by atomic mass is 16.2. The van der Waals surface area contributed by atoms with Crippen molar-refractivity contribution in [1.82, 2.24) is 14.9 Å². The van der Waals surface area contributed by atoms with Gasteiger partial charge in [0.2, 0.25) is 0 Å². The van der Waals surface area contributed by atoms with E-state index in [0.29, 0.717) is 18.1 Å². The lowest BCUT2D eigenvalue weighted by molar-refractivity contribution is 0.0933. The summed E-state index contributed by atoms with van der Waals surface area (Å²) in [5.41, 5.74) is 13.1. The van der Waals surface area contributed by atoms with Crippen LogP contribution in [-0.2, 0) is 0 Å². The predicted molar refractivity (Wildman–Crippen MR) is 88.2 cm³/mol. The number of benzene rings is 1. The fourth-order valence-corrected chi connectivity index (χ4v) is 2.26. The Kier molecular flexibility index (Phi) is 4.82. The summed E-state index contributed by atoms with van der Waals surface area (Å²) in [6.45, 7) is 5.91. The van der Waals surface area contributed by atoms with Gasteiger partial charge in [0.1, 0.15) is 11.6 Å². The molecule has 1 aromatic heterocycles. The van der Waals surface area contributed by atoms with E-state index < -0.39 is 6.17 Å². The molecule has 0 aliphatic rings. The van der Waals surface area contributed by atoms with Crippen LogP contribution in [0.3, 0.4) is 0 Å². The Bertz CT molecular complexity index is 648. The van der Waals surface area contributed by atoms with E-state index in [1.807, 2.05) is 55.7 Å². The lowest BCUT2D eigenvalue weighted by atomic mass is 10.2. The number of nitrogens with two attached hydrogens (primary N) is 2. The van der Waals surface area contributed by atoms with Gasteiger partial charge in [0.05, 0.1) is 6.17 Å². The molecule has 1 amide bonds. The second-order valence-corrected chi connectivity index (χ2v) is 5.49. The zero-order chi connectivity index (χ0) is 16.3. The first kappa shape index (κ1) is 16.0. The third-order valence-electron chi connectivity index (χ3n) is 3.47. The SMILES string of the molecule is CCC(N)NC(=O)c1nc(-c2ccccc2)n(C(C)C)c1N. The van der Waals surface area contributed by atoms with Gasteiger partial charge >= 0.3 is 0 Å². The molecule has 22 heavy (non-hydrogen) atoms. The number of nitrogens with zero attached hydrogens (tertiary/aromatic N) is 2. The maximum atomic E-state index is 12.3. The van der Waals surface area contributed by atoms with E-state index in [4.69, 9.17) is 11.5 Å². The number of carbonyl (C=O) groups is 1. The van der Waals surface area contributed by atoms with Crippen molar-refractivity contribution in [2.45, 2.75) is 39.4 Å². The molecule has 0 bridgehead atoms. The zero-order valence-corrected chi connectivity index (χ0v) is 13.2. The lowest BCUT2D eigenvalue weighted by Crippen LogP contribution is -2.41. The first-order chi connectivity index (χ1) is 10.5. The number of anilines is 1. The summed E-state index contributed by atoms with van der Waals surface area (Å²) in [5, 5.41) is 2.70. The van der Waals surface area contributed by atoms with Crippen LogP contribution in [0.4, 0.5) is 5.82 Å². The molecule has 0 saturated carbocycles. The Morgan fingerprint density at radius 3 is 2.50 bits per heavy atom.